The van der Waals surface area contributed by atoms with Crippen molar-refractivity contribution in [3.8, 4) is 0 Å². The number of nitrogens with one attached hydrogen (secondary N) is 2. The first-order valence-electron chi connectivity index (χ1n) is 12.6. The summed E-state index contributed by atoms with van der Waals surface area (Å²) in [6, 6.07) is 12.5. The van der Waals surface area contributed by atoms with E-state index in [1.54, 1.807) is 0 Å². The summed E-state index contributed by atoms with van der Waals surface area (Å²) in [7, 11) is 0. The first-order valence-corrected chi connectivity index (χ1v) is 13.5. The van der Waals surface area contributed by atoms with Crippen LogP contribution in [0.1, 0.15) is 50.5 Å². The highest BCUT2D eigenvalue weighted by Crippen LogP contribution is 2.34. The number of nitrogens with zero attached hydrogens (tertiary/aromatic N) is 3. The number of aliphatic imine (C=N–C) groups is 2. The minimum atomic E-state index is -0.683. The van der Waals surface area contributed by atoms with E-state index in [0.717, 1.165) is 43.0 Å². The number of carbonyl (C=O) groups is 3. The zero-order chi connectivity index (χ0) is 25.8. The molecule has 0 radical (unpaired) electrons. The van der Waals surface area contributed by atoms with Gasteiger partial charge in [-0.05, 0) is 55.7 Å². The Kier molecular flexibility index (Phi) is 7.64. The Morgan fingerprint density at radius 3 is 2.57 bits per heavy atom. The molecule has 2 aliphatic heterocycles. The molecule has 192 valence electrons. The monoisotopic (exact) mass is 521 g/mol. The molecule has 0 spiro atoms. The van der Waals surface area contributed by atoms with Gasteiger partial charge in [0.2, 0.25) is 11.8 Å². The lowest BCUT2D eigenvalue weighted by Crippen LogP contribution is -2.42. The Labute approximate surface area is 218 Å². The predicted octanol–water partition coefficient (Wildman–Crippen LogP) is 4.39. The fourth-order valence-electron chi connectivity index (χ4n) is 4.76. The van der Waals surface area contributed by atoms with Gasteiger partial charge in [-0.2, -0.15) is 0 Å². The van der Waals surface area contributed by atoms with E-state index in [1.807, 2.05) is 24.3 Å². The number of benzene rings is 2. The molecule has 1 aliphatic carbocycles. The van der Waals surface area contributed by atoms with Gasteiger partial charge in [0, 0.05) is 23.7 Å². The van der Waals surface area contributed by atoms with Crippen molar-refractivity contribution in [3.63, 3.8) is 0 Å². The highest BCUT2D eigenvalue weighted by Gasteiger charge is 2.41. The third-order valence-electron chi connectivity index (χ3n) is 6.62. The van der Waals surface area contributed by atoms with E-state index in [-0.39, 0.29) is 41.8 Å². The maximum Gasteiger partial charge on any atom is 0.259 e. The van der Waals surface area contributed by atoms with Crippen LogP contribution in [0.2, 0.25) is 0 Å². The summed E-state index contributed by atoms with van der Waals surface area (Å²) in [6.07, 6.45) is 6.03. The second-order valence-corrected chi connectivity index (χ2v) is 10.3. The van der Waals surface area contributed by atoms with E-state index in [4.69, 9.17) is 0 Å². The molecular formula is C27H28FN5O3S. The van der Waals surface area contributed by atoms with Gasteiger partial charge >= 0.3 is 0 Å². The summed E-state index contributed by atoms with van der Waals surface area (Å²) in [5, 5.41) is 6.18. The van der Waals surface area contributed by atoms with Gasteiger partial charge in [-0.15, -0.1) is 0 Å². The summed E-state index contributed by atoms with van der Waals surface area (Å²) in [4.78, 5) is 49.2. The molecule has 3 amide bonds. The van der Waals surface area contributed by atoms with Crippen molar-refractivity contribution in [2.24, 2.45) is 9.98 Å². The number of hydrogen-bond donors (Lipinski definition) is 2. The number of para-hydroxylation sites is 1. The average Bonchev–Trinajstić information content (AvgIpc) is 3.24. The second kappa shape index (κ2) is 11.2. The largest absolute Gasteiger partial charge is 0.353 e. The van der Waals surface area contributed by atoms with Gasteiger partial charge in [0.1, 0.15) is 17.7 Å². The number of rotatable bonds is 7. The Morgan fingerprint density at radius 2 is 1.78 bits per heavy atom. The second-order valence-electron chi connectivity index (χ2n) is 9.34. The van der Waals surface area contributed by atoms with Crippen molar-refractivity contribution in [2.75, 3.05) is 11.1 Å². The van der Waals surface area contributed by atoms with Gasteiger partial charge in [0.25, 0.3) is 5.91 Å². The number of halogens is 1. The van der Waals surface area contributed by atoms with Crippen LogP contribution in [-0.2, 0) is 14.4 Å². The van der Waals surface area contributed by atoms with Crippen LogP contribution < -0.4 is 10.6 Å². The third kappa shape index (κ3) is 5.90. The number of fused-ring (bicyclic) bond motifs is 3. The highest BCUT2D eigenvalue weighted by molar-refractivity contribution is 8.14. The minimum absolute atomic E-state index is 0.00387. The normalized spacial score (nSPS) is 19.0. The zero-order valence-corrected chi connectivity index (χ0v) is 21.1. The van der Waals surface area contributed by atoms with Crippen LogP contribution in [0.25, 0.3) is 0 Å². The fraction of sp³-hybridized carbons (Fsp3) is 0.370. The summed E-state index contributed by atoms with van der Waals surface area (Å²) < 4.78 is 13.1. The molecular weight excluding hydrogens is 493 g/mol. The fourth-order valence-corrected chi connectivity index (χ4v) is 5.56. The summed E-state index contributed by atoms with van der Waals surface area (Å²) >= 11 is 1.13. The molecule has 2 aromatic rings. The van der Waals surface area contributed by atoms with E-state index in [1.165, 1.54) is 35.6 Å². The van der Waals surface area contributed by atoms with Gasteiger partial charge < -0.3 is 10.6 Å². The quantitative estimate of drug-likeness (QED) is 0.564. The molecule has 2 heterocycles. The first kappa shape index (κ1) is 25.1. The first-order chi connectivity index (χ1) is 18.0. The van der Waals surface area contributed by atoms with Crippen LogP contribution in [0.3, 0.4) is 0 Å². The lowest BCUT2D eigenvalue weighted by molar-refractivity contribution is -0.125. The van der Waals surface area contributed by atoms with Crippen molar-refractivity contribution in [3.05, 3.63) is 59.9 Å². The smallest absolute Gasteiger partial charge is 0.259 e. The van der Waals surface area contributed by atoms with Gasteiger partial charge in [0.15, 0.2) is 5.17 Å². The SMILES string of the molecule is O=C(CSC1=Nc2ccccc2C2=N[C@@H](CCC(=O)NC3CCCCC3)C(=O)N12)Nc1ccc(F)cc1. The van der Waals surface area contributed by atoms with Gasteiger partial charge in [-0.25, -0.2) is 14.3 Å². The molecule has 3 aliphatic rings. The van der Waals surface area contributed by atoms with Crippen molar-refractivity contribution in [1.29, 1.82) is 0 Å². The summed E-state index contributed by atoms with van der Waals surface area (Å²) in [6.45, 7) is 0. The van der Waals surface area contributed by atoms with E-state index >= 15 is 0 Å². The predicted molar refractivity (Wildman–Crippen MR) is 142 cm³/mol. The molecule has 0 saturated heterocycles. The Bertz CT molecular complexity index is 1260. The molecule has 5 rings (SSSR count). The van der Waals surface area contributed by atoms with Crippen molar-refractivity contribution in [2.45, 2.75) is 57.0 Å². The van der Waals surface area contributed by atoms with Crippen molar-refractivity contribution >= 4 is 51.9 Å². The van der Waals surface area contributed by atoms with Crippen LogP contribution in [-0.4, -0.2) is 51.5 Å². The lowest BCUT2D eigenvalue weighted by Gasteiger charge is -2.25. The number of amidine groups is 2. The van der Waals surface area contributed by atoms with Crippen molar-refractivity contribution in [1.82, 2.24) is 10.2 Å². The molecule has 1 fully saturated rings. The molecule has 8 nitrogen and oxygen atoms in total. The summed E-state index contributed by atoms with van der Waals surface area (Å²) in [5.74, 6) is -0.493. The van der Waals surface area contributed by atoms with Crippen LogP contribution in [0, 0.1) is 5.82 Å². The molecule has 2 aromatic carbocycles. The number of anilines is 1. The van der Waals surface area contributed by atoms with Gasteiger partial charge in [0.05, 0.1) is 11.4 Å². The number of thioether (sulfide) groups is 1. The molecule has 2 N–H and O–H groups in total. The molecule has 0 unspecified atom stereocenters. The van der Waals surface area contributed by atoms with Crippen LogP contribution in [0.5, 0.6) is 0 Å². The minimum Gasteiger partial charge on any atom is -0.353 e. The molecule has 0 bridgehead atoms. The average molecular weight is 522 g/mol. The Balaban J connectivity index is 1.25. The number of hydrogen-bond acceptors (Lipinski definition) is 6. The van der Waals surface area contributed by atoms with Gasteiger partial charge in [-0.1, -0.05) is 43.2 Å². The third-order valence-corrected chi connectivity index (χ3v) is 7.56. The van der Waals surface area contributed by atoms with E-state index < -0.39 is 6.04 Å². The van der Waals surface area contributed by atoms with E-state index in [0.29, 0.717) is 28.8 Å². The lowest BCUT2D eigenvalue weighted by atomic mass is 9.95. The molecule has 1 saturated carbocycles. The maximum absolute atomic E-state index is 13.4. The Morgan fingerprint density at radius 1 is 1.03 bits per heavy atom. The molecule has 1 atom stereocenters. The van der Waals surface area contributed by atoms with Crippen LogP contribution in [0.4, 0.5) is 15.8 Å². The van der Waals surface area contributed by atoms with Crippen LogP contribution in [0.15, 0.2) is 58.5 Å². The topological polar surface area (TPSA) is 103 Å². The number of carbonyl (C=O) groups excluding carboxylic acids is 3. The molecule has 0 aromatic heterocycles. The highest BCUT2D eigenvalue weighted by atomic mass is 32.2. The van der Waals surface area contributed by atoms with Crippen LogP contribution >= 0.6 is 11.8 Å². The molecule has 10 heteroatoms. The Hall–Kier alpha value is -3.53. The van der Waals surface area contributed by atoms with Gasteiger partial charge in [-0.3, -0.25) is 19.4 Å². The number of amides is 3. The maximum atomic E-state index is 13.4. The van der Waals surface area contributed by atoms with Crippen molar-refractivity contribution < 1.29 is 18.8 Å². The zero-order valence-electron chi connectivity index (χ0n) is 20.3. The van der Waals surface area contributed by atoms with E-state index in [2.05, 4.69) is 20.6 Å². The summed E-state index contributed by atoms with van der Waals surface area (Å²) in [5.41, 5.74) is 1.89. The molecule has 37 heavy (non-hydrogen) atoms. The standard InChI is InChI=1S/C27H28FN5O3S/c28-17-10-12-19(13-11-17)30-24(35)16-37-27-32-21-9-5-4-8-20(21)25-31-22(26(36)33(25)27)14-15-23(34)29-18-6-2-1-3-7-18/h4-5,8-13,18,22H,1-3,6-7,14-16H2,(H,29,34)(H,30,35)/t22-/m0/s1. The van der Waals surface area contributed by atoms with E-state index in [9.17, 15) is 18.8 Å².